The van der Waals surface area contributed by atoms with Gasteiger partial charge in [-0.15, -0.1) is 0 Å². The number of aliphatic carboxylic acids is 1. The number of benzene rings is 1. The van der Waals surface area contributed by atoms with E-state index < -0.39 is 16.8 Å². The Morgan fingerprint density at radius 2 is 1.88 bits per heavy atom. The van der Waals surface area contributed by atoms with Crippen LogP contribution in [0.25, 0.3) is 0 Å². The van der Waals surface area contributed by atoms with Gasteiger partial charge in [-0.05, 0) is 18.6 Å². The van der Waals surface area contributed by atoms with Crippen LogP contribution in [0, 0.1) is 0 Å². The van der Waals surface area contributed by atoms with Crippen LogP contribution in [0.2, 0.25) is 0 Å². The van der Waals surface area contributed by atoms with E-state index in [0.29, 0.717) is 6.42 Å². The van der Waals surface area contributed by atoms with E-state index in [0.717, 1.165) is 11.8 Å². The minimum atomic E-state index is -1.08. The van der Waals surface area contributed by atoms with Crippen molar-refractivity contribution in [1.29, 1.82) is 0 Å². The van der Waals surface area contributed by atoms with Gasteiger partial charge >= 0.3 is 0 Å². The van der Waals surface area contributed by atoms with Crippen LogP contribution in [-0.2, 0) is 15.6 Å². The van der Waals surface area contributed by atoms with E-state index in [9.17, 15) is 4.21 Å². The summed E-state index contributed by atoms with van der Waals surface area (Å²) in [5.74, 6) is -0.833. The van der Waals surface area contributed by atoms with E-state index in [1.165, 1.54) is 0 Å². The Morgan fingerprint density at radius 3 is 2.35 bits per heavy atom. The number of carbonyl (C=O) groups is 1. The lowest BCUT2D eigenvalue weighted by molar-refractivity contribution is -0.134. The van der Waals surface area contributed by atoms with Gasteiger partial charge in [-0.1, -0.05) is 24.3 Å². The van der Waals surface area contributed by atoms with Crippen LogP contribution in [0.5, 0.6) is 0 Å². The zero-order chi connectivity index (χ0) is 13.1. The molecule has 4 nitrogen and oxygen atoms in total. The molecule has 0 bridgehead atoms. The molecule has 5 heteroatoms. The summed E-state index contributed by atoms with van der Waals surface area (Å²) >= 11 is 0. The number of hydrogen-bond acceptors (Lipinski definition) is 3. The minimum Gasteiger partial charge on any atom is -0.481 e. The molecule has 1 aromatic carbocycles. The van der Waals surface area contributed by atoms with Crippen molar-refractivity contribution in [3.8, 4) is 0 Å². The Kier molecular flexibility index (Phi) is 8.91. The van der Waals surface area contributed by atoms with Crippen LogP contribution in [-0.4, -0.2) is 27.0 Å². The molecule has 0 fully saturated rings. The normalized spacial score (nSPS) is 11.6. The molecular formula is C12H16O4S. The first-order valence-electron chi connectivity index (χ1n) is 5.00. The predicted molar refractivity (Wildman–Crippen MR) is 67.0 cm³/mol. The first-order chi connectivity index (χ1) is 8.07. The summed E-state index contributed by atoms with van der Waals surface area (Å²) in [6, 6.07) is 9.23. The largest absolute Gasteiger partial charge is 0.481 e. The quantitative estimate of drug-likeness (QED) is 0.861. The summed E-state index contributed by atoms with van der Waals surface area (Å²) < 4.78 is 11.5. The van der Waals surface area contributed by atoms with Crippen molar-refractivity contribution in [2.45, 2.75) is 18.2 Å². The van der Waals surface area contributed by atoms with E-state index in [-0.39, 0.29) is 6.61 Å². The number of carboxylic acid groups (broad SMARTS) is 1. The summed E-state index contributed by atoms with van der Waals surface area (Å²) in [4.78, 5) is 9.79. The van der Waals surface area contributed by atoms with Gasteiger partial charge in [0, 0.05) is 23.8 Å². The maximum absolute atomic E-state index is 11.5. The molecule has 0 aliphatic carbocycles. The van der Waals surface area contributed by atoms with Crippen molar-refractivity contribution in [1.82, 2.24) is 0 Å². The van der Waals surface area contributed by atoms with Crippen LogP contribution in [0.4, 0.5) is 0 Å². The van der Waals surface area contributed by atoms with Crippen LogP contribution in [0.1, 0.15) is 13.3 Å². The SMILES string of the molecule is CC(=O)O.O=S(/C=C/CCO)c1ccccc1. The van der Waals surface area contributed by atoms with Gasteiger partial charge in [0.05, 0.1) is 10.8 Å². The lowest BCUT2D eigenvalue weighted by atomic mass is 10.4. The van der Waals surface area contributed by atoms with E-state index in [1.54, 1.807) is 11.5 Å². The van der Waals surface area contributed by atoms with Crippen LogP contribution in [0.3, 0.4) is 0 Å². The third-order valence-electron chi connectivity index (χ3n) is 1.49. The Hall–Kier alpha value is -1.46. The van der Waals surface area contributed by atoms with E-state index in [4.69, 9.17) is 15.0 Å². The van der Waals surface area contributed by atoms with E-state index in [1.807, 2.05) is 30.3 Å². The molecule has 0 amide bonds. The summed E-state index contributed by atoms with van der Waals surface area (Å²) in [5, 5.41) is 17.5. The number of carboxylic acids is 1. The summed E-state index contributed by atoms with van der Waals surface area (Å²) in [5.41, 5.74) is 0. The highest BCUT2D eigenvalue weighted by Crippen LogP contribution is 2.06. The molecule has 1 rings (SSSR count). The number of hydrogen-bond donors (Lipinski definition) is 2. The zero-order valence-corrected chi connectivity index (χ0v) is 10.4. The third kappa shape index (κ3) is 9.47. The molecule has 94 valence electrons. The second-order valence-corrected chi connectivity index (χ2v) is 4.35. The monoisotopic (exact) mass is 256 g/mol. The fourth-order valence-corrected chi connectivity index (χ4v) is 1.76. The topological polar surface area (TPSA) is 74.6 Å². The van der Waals surface area contributed by atoms with Gasteiger partial charge in [0.2, 0.25) is 0 Å². The molecule has 0 radical (unpaired) electrons. The highest BCUT2D eigenvalue weighted by molar-refractivity contribution is 7.88. The lowest BCUT2D eigenvalue weighted by Crippen LogP contribution is -1.85. The molecule has 0 saturated carbocycles. The van der Waals surface area contributed by atoms with Crippen molar-refractivity contribution in [2.24, 2.45) is 0 Å². The average Bonchev–Trinajstić information content (AvgIpc) is 2.30. The molecule has 0 saturated heterocycles. The second kappa shape index (κ2) is 9.74. The van der Waals surface area contributed by atoms with Gasteiger partial charge in [0.25, 0.3) is 5.97 Å². The van der Waals surface area contributed by atoms with Gasteiger partial charge in [-0.25, -0.2) is 4.21 Å². The van der Waals surface area contributed by atoms with Crippen LogP contribution >= 0.6 is 0 Å². The van der Waals surface area contributed by atoms with Gasteiger partial charge in [0.1, 0.15) is 0 Å². The van der Waals surface area contributed by atoms with Crippen molar-refractivity contribution >= 4 is 16.8 Å². The summed E-state index contributed by atoms with van der Waals surface area (Å²) in [6.07, 6.45) is 2.28. The Balaban J connectivity index is 0.000000557. The standard InChI is InChI=1S/C10H12O2S.C2H4O2/c11-8-4-5-9-13(12)10-6-2-1-3-7-10;1-2(3)4/h1-3,5-7,9,11H,4,8H2;1H3,(H,3,4)/b9-5+;. The van der Waals surface area contributed by atoms with Crippen molar-refractivity contribution in [3.63, 3.8) is 0 Å². The molecule has 1 unspecified atom stereocenters. The summed E-state index contributed by atoms with van der Waals surface area (Å²) in [7, 11) is -1.08. The zero-order valence-electron chi connectivity index (χ0n) is 9.57. The lowest BCUT2D eigenvalue weighted by Gasteiger charge is -1.94. The van der Waals surface area contributed by atoms with Crippen LogP contribution in [0.15, 0.2) is 46.7 Å². The Morgan fingerprint density at radius 1 is 1.35 bits per heavy atom. The highest BCUT2D eigenvalue weighted by Gasteiger charge is 1.95. The Labute approximate surface area is 103 Å². The fourth-order valence-electron chi connectivity index (χ4n) is 0.863. The third-order valence-corrected chi connectivity index (χ3v) is 2.67. The molecule has 2 N–H and O–H groups in total. The molecule has 17 heavy (non-hydrogen) atoms. The van der Waals surface area contributed by atoms with Crippen LogP contribution < -0.4 is 0 Å². The van der Waals surface area contributed by atoms with Gasteiger partial charge in [-0.2, -0.15) is 0 Å². The molecule has 0 aromatic heterocycles. The van der Waals surface area contributed by atoms with E-state index in [2.05, 4.69) is 0 Å². The Bertz CT molecular complexity index is 369. The molecular weight excluding hydrogens is 240 g/mol. The van der Waals surface area contributed by atoms with E-state index >= 15 is 0 Å². The van der Waals surface area contributed by atoms with Gasteiger partial charge in [0.15, 0.2) is 0 Å². The van der Waals surface area contributed by atoms with Gasteiger partial charge < -0.3 is 10.2 Å². The first-order valence-corrected chi connectivity index (χ1v) is 6.22. The smallest absolute Gasteiger partial charge is 0.300 e. The number of aliphatic hydroxyl groups is 1. The second-order valence-electron chi connectivity index (χ2n) is 3.01. The maximum atomic E-state index is 11.5. The van der Waals surface area contributed by atoms with Crippen molar-refractivity contribution in [2.75, 3.05) is 6.61 Å². The average molecular weight is 256 g/mol. The number of rotatable bonds is 4. The molecule has 0 aliphatic rings. The highest BCUT2D eigenvalue weighted by atomic mass is 32.2. The van der Waals surface area contributed by atoms with Crippen molar-refractivity contribution in [3.05, 3.63) is 41.8 Å². The minimum absolute atomic E-state index is 0.0997. The van der Waals surface area contributed by atoms with Gasteiger partial charge in [-0.3, -0.25) is 4.79 Å². The number of aliphatic hydroxyl groups excluding tert-OH is 1. The molecule has 1 atom stereocenters. The molecule has 0 aliphatic heterocycles. The fraction of sp³-hybridized carbons (Fsp3) is 0.250. The summed E-state index contributed by atoms with van der Waals surface area (Å²) in [6.45, 7) is 1.18. The predicted octanol–water partition coefficient (Wildman–Crippen LogP) is 1.78. The molecule has 1 aromatic rings. The molecule has 0 heterocycles. The molecule has 0 spiro atoms. The van der Waals surface area contributed by atoms with Crippen molar-refractivity contribution < 1.29 is 19.2 Å². The first kappa shape index (κ1) is 15.5. The maximum Gasteiger partial charge on any atom is 0.300 e.